The van der Waals surface area contributed by atoms with Crippen molar-refractivity contribution < 1.29 is 42.9 Å². The molecule has 0 aromatic heterocycles. The normalized spacial score (nSPS) is 13.9. The van der Waals surface area contributed by atoms with Gasteiger partial charge in [0, 0.05) is 12.8 Å². The Morgan fingerprint density at radius 3 is 0.920 bits per heavy atom. The predicted octanol–water partition coefficient (Wildman–Crippen LogP) is 19.9. The summed E-state index contributed by atoms with van der Waals surface area (Å²) in [5.41, 5.74) is 0. The number of unbranched alkanes of at least 4 members (excludes halogenated alkanes) is 15. The van der Waals surface area contributed by atoms with E-state index in [0.29, 0.717) is 23.9 Å². The van der Waals surface area contributed by atoms with Crippen molar-refractivity contribution in [2.75, 3.05) is 47.5 Å². The molecule has 0 spiro atoms. The molecule has 0 saturated carbocycles. The zero-order valence-corrected chi connectivity index (χ0v) is 55.6. The van der Waals surface area contributed by atoms with Crippen LogP contribution in [0.15, 0.2) is 182 Å². The monoisotopic (exact) mass is 1200 g/mol. The molecule has 0 amide bonds. The summed E-state index contributed by atoms with van der Waals surface area (Å²) in [7, 11) is 5.91. The summed E-state index contributed by atoms with van der Waals surface area (Å²) in [5.74, 6) is -2.33. The first-order chi connectivity index (χ1) is 42.6. The van der Waals surface area contributed by atoms with Crippen LogP contribution in [0.2, 0.25) is 0 Å². The van der Waals surface area contributed by atoms with E-state index in [1.165, 1.54) is 44.9 Å². The number of aliphatic carboxylic acids is 1. The molecule has 9 nitrogen and oxygen atoms in total. The van der Waals surface area contributed by atoms with E-state index in [9.17, 15) is 19.5 Å². The average molecular weight is 1200 g/mol. The molecule has 0 bridgehead atoms. The molecule has 2 unspecified atom stereocenters. The summed E-state index contributed by atoms with van der Waals surface area (Å²) in [6.07, 6.45) is 98.1. The molecule has 0 radical (unpaired) electrons. The van der Waals surface area contributed by atoms with Crippen LogP contribution in [0.25, 0.3) is 0 Å². The Balaban J connectivity index is 4.27. The number of carbonyl (C=O) groups is 3. The van der Waals surface area contributed by atoms with Gasteiger partial charge in [-0.05, 0) is 135 Å². The molecule has 0 aliphatic heterocycles. The number of quaternary nitrogens is 1. The van der Waals surface area contributed by atoms with Gasteiger partial charge < -0.3 is 33.3 Å². The fourth-order valence-electron chi connectivity index (χ4n) is 8.53. The predicted molar refractivity (Wildman–Crippen MR) is 370 cm³/mol. The van der Waals surface area contributed by atoms with Gasteiger partial charge >= 0.3 is 11.9 Å². The lowest BCUT2D eigenvalue weighted by Crippen LogP contribution is -2.44. The van der Waals surface area contributed by atoms with Crippen molar-refractivity contribution in [3.05, 3.63) is 182 Å². The van der Waals surface area contributed by atoms with Crippen LogP contribution in [0.5, 0.6) is 0 Å². The Morgan fingerprint density at radius 2 is 0.621 bits per heavy atom. The smallest absolute Gasteiger partial charge is 0.306 e. The fraction of sp³-hybridized carbons (Fsp3) is 0.577. The minimum absolute atomic E-state index is 0.133. The molecule has 87 heavy (non-hydrogen) atoms. The molecule has 0 saturated heterocycles. The van der Waals surface area contributed by atoms with E-state index in [1.54, 1.807) is 0 Å². The molecule has 0 fully saturated rings. The van der Waals surface area contributed by atoms with Gasteiger partial charge in [-0.15, -0.1) is 0 Å². The number of nitrogens with zero attached hydrogens (tertiary/aromatic N) is 1. The van der Waals surface area contributed by atoms with Gasteiger partial charge in [-0.3, -0.25) is 9.59 Å². The lowest BCUT2D eigenvalue weighted by molar-refractivity contribution is -0.870. The minimum Gasteiger partial charge on any atom is -0.545 e. The first-order valence-electron chi connectivity index (χ1n) is 33.9. The van der Waals surface area contributed by atoms with Crippen LogP contribution in [-0.4, -0.2) is 82.3 Å². The number of ether oxygens (including phenoxy) is 4. The maximum absolute atomic E-state index is 12.9. The fourth-order valence-corrected chi connectivity index (χ4v) is 8.53. The van der Waals surface area contributed by atoms with Crippen molar-refractivity contribution in [3.63, 3.8) is 0 Å². The molecular weight excluding hydrogens is 1080 g/mol. The highest BCUT2D eigenvalue weighted by Gasteiger charge is 2.22. The average Bonchev–Trinajstić information content (AvgIpc) is 3.59. The Morgan fingerprint density at radius 1 is 0.345 bits per heavy atom. The first kappa shape index (κ1) is 81.4. The summed E-state index contributed by atoms with van der Waals surface area (Å²) in [5, 5.41) is 11.8. The molecule has 0 rings (SSSR count). The van der Waals surface area contributed by atoms with Crippen LogP contribution < -0.4 is 5.11 Å². The van der Waals surface area contributed by atoms with Crippen LogP contribution >= 0.6 is 0 Å². The topological polar surface area (TPSA) is 111 Å². The number of esters is 2. The second-order valence-corrected chi connectivity index (χ2v) is 23.0. The molecule has 0 aromatic carbocycles. The Hall–Kier alpha value is -5.61. The molecule has 0 aliphatic rings. The maximum atomic E-state index is 12.9. The third kappa shape index (κ3) is 67.8. The van der Waals surface area contributed by atoms with Crippen molar-refractivity contribution in [1.82, 2.24) is 0 Å². The van der Waals surface area contributed by atoms with Crippen LogP contribution in [0.4, 0.5) is 0 Å². The number of carboxylic acids is 1. The molecule has 0 N–H and O–H groups in total. The number of allylic oxidation sites excluding steroid dienone is 30. The van der Waals surface area contributed by atoms with Crippen LogP contribution in [0, 0.1) is 0 Å². The Kier molecular flexibility index (Phi) is 62.1. The van der Waals surface area contributed by atoms with E-state index in [2.05, 4.69) is 196 Å². The van der Waals surface area contributed by atoms with Crippen molar-refractivity contribution in [3.8, 4) is 0 Å². The largest absolute Gasteiger partial charge is 0.545 e. The van der Waals surface area contributed by atoms with Crippen molar-refractivity contribution in [2.24, 2.45) is 0 Å². The van der Waals surface area contributed by atoms with E-state index in [4.69, 9.17) is 18.9 Å². The van der Waals surface area contributed by atoms with Crippen LogP contribution in [0.3, 0.4) is 0 Å². The molecule has 0 heterocycles. The van der Waals surface area contributed by atoms with Crippen LogP contribution in [0.1, 0.15) is 232 Å². The van der Waals surface area contributed by atoms with Crippen molar-refractivity contribution in [2.45, 2.75) is 245 Å². The summed E-state index contributed by atoms with van der Waals surface area (Å²) in [4.78, 5) is 37.5. The van der Waals surface area contributed by atoms with Gasteiger partial charge in [0.1, 0.15) is 13.2 Å². The summed E-state index contributed by atoms with van der Waals surface area (Å²) in [6, 6.07) is 0. The number of likely N-dealkylation sites (N-methyl/N-ethyl adjacent to an activating group) is 1. The first-order valence-corrected chi connectivity index (χ1v) is 33.9. The van der Waals surface area contributed by atoms with Gasteiger partial charge in [0.2, 0.25) is 0 Å². The summed E-state index contributed by atoms with van der Waals surface area (Å²) < 4.78 is 22.7. The standard InChI is InChI=1S/C78H123NO8/c1-6-8-10-12-14-16-18-20-22-24-26-28-30-32-34-36-37-38-39-41-43-45-47-49-51-53-55-57-59-61-63-65-67-69-76(81)87-74(73-86-78(77(82)83)84-71-70-79(3,4)5)72-85-75(80)68-66-64-62-60-58-56-54-52-50-48-46-44-42-40-35-33-31-29-27-25-23-21-19-17-15-13-11-9-7-2/h8-11,14-17,20-23,26-29,32-35,37-38,41-44,47-50,74,78H,6-7,12-13,18-19,24-25,30-31,36,39-40,45-46,51-73H2,1-5H3/b10-8-,11-9-,16-14-,17-15-,22-20-,23-21-,28-26-,29-27-,34-32-,35-33-,38-37-,43-41-,44-42-,49-47-,50-48-. The van der Waals surface area contributed by atoms with E-state index >= 15 is 0 Å². The van der Waals surface area contributed by atoms with Gasteiger partial charge in [-0.2, -0.15) is 0 Å². The molecular formula is C78H123NO8. The zero-order valence-electron chi connectivity index (χ0n) is 55.6. The summed E-state index contributed by atoms with van der Waals surface area (Å²) >= 11 is 0. The van der Waals surface area contributed by atoms with E-state index in [0.717, 1.165) is 148 Å². The maximum Gasteiger partial charge on any atom is 0.306 e. The number of rotatable bonds is 60. The highest BCUT2D eigenvalue weighted by molar-refractivity contribution is 5.70. The molecule has 488 valence electrons. The van der Waals surface area contributed by atoms with Gasteiger partial charge in [-0.25, -0.2) is 0 Å². The number of hydrogen-bond acceptors (Lipinski definition) is 8. The number of carboxylic acid groups (broad SMARTS) is 1. The van der Waals surface area contributed by atoms with Gasteiger partial charge in [0.25, 0.3) is 0 Å². The number of hydrogen-bond donors (Lipinski definition) is 0. The van der Waals surface area contributed by atoms with E-state index in [-0.39, 0.29) is 38.6 Å². The third-order valence-corrected chi connectivity index (χ3v) is 13.6. The lowest BCUT2D eigenvalue weighted by Gasteiger charge is -2.26. The Bertz CT molecular complexity index is 2080. The lowest BCUT2D eigenvalue weighted by atomic mass is 10.1. The van der Waals surface area contributed by atoms with Crippen molar-refractivity contribution >= 4 is 17.9 Å². The van der Waals surface area contributed by atoms with Gasteiger partial charge in [-0.1, -0.05) is 267 Å². The number of carbonyl (C=O) groups excluding carboxylic acids is 3. The molecule has 2 atom stereocenters. The molecule has 9 heteroatoms. The second kappa shape index (κ2) is 66.3. The SMILES string of the molecule is CC/C=C\C/C=C\C/C=C\C/C=C\C/C=C\C/C=C\C/C=C\C/C=C\CCCCCCCCCCC(=O)OC(COC(=O)CCCCCCCCC/C=C\C/C=C\C/C=C\C/C=C\C/C=C\C/C=C\C/C=C\CC)COC(OCC[N+](C)(C)C)C(=O)[O-]. The van der Waals surface area contributed by atoms with E-state index in [1.807, 2.05) is 21.1 Å². The molecule has 0 aromatic rings. The third-order valence-electron chi connectivity index (χ3n) is 13.6. The quantitative estimate of drug-likeness (QED) is 0.0195. The van der Waals surface area contributed by atoms with Gasteiger partial charge in [0.05, 0.1) is 40.3 Å². The summed E-state index contributed by atoms with van der Waals surface area (Å²) in [6.45, 7) is 4.47. The highest BCUT2D eigenvalue weighted by Crippen LogP contribution is 2.14. The molecule has 0 aliphatic carbocycles. The second-order valence-electron chi connectivity index (χ2n) is 23.0. The zero-order chi connectivity index (χ0) is 63.3. The van der Waals surface area contributed by atoms with Crippen LogP contribution in [-0.2, 0) is 33.3 Å². The van der Waals surface area contributed by atoms with E-state index < -0.39 is 24.3 Å². The van der Waals surface area contributed by atoms with Gasteiger partial charge in [0.15, 0.2) is 12.4 Å². The van der Waals surface area contributed by atoms with Crippen molar-refractivity contribution in [1.29, 1.82) is 0 Å². The minimum atomic E-state index is -1.64. The highest BCUT2D eigenvalue weighted by atomic mass is 16.7. The Labute approximate surface area is 532 Å².